The number of rotatable bonds is 2. The first-order valence-electron chi connectivity index (χ1n) is 7.27. The molecule has 3 rings (SSSR count). The molecule has 0 aromatic heterocycles. The van der Waals surface area contributed by atoms with Crippen LogP contribution in [0.4, 0.5) is 10.5 Å². The van der Waals surface area contributed by atoms with Crippen molar-refractivity contribution >= 4 is 17.7 Å². The number of esters is 1. The average molecular weight is 302 g/mol. The Morgan fingerprint density at radius 1 is 1.36 bits per heavy atom. The smallest absolute Gasteiger partial charge is 0.335 e. The third kappa shape index (κ3) is 2.77. The molecule has 0 atom stereocenters. The Morgan fingerprint density at radius 2 is 2.23 bits per heavy atom. The number of hydrogen-bond acceptors (Lipinski definition) is 4. The molecule has 6 nitrogen and oxygen atoms in total. The van der Waals surface area contributed by atoms with Gasteiger partial charge in [0.25, 0.3) is 0 Å². The molecule has 22 heavy (non-hydrogen) atoms. The lowest BCUT2D eigenvalue weighted by atomic mass is 10.1. The number of anilines is 1. The largest absolute Gasteiger partial charge is 0.493 e. The minimum atomic E-state index is -0.383. The Morgan fingerprint density at radius 3 is 3.05 bits per heavy atom. The molecule has 2 heterocycles. The Balaban J connectivity index is 1.69. The van der Waals surface area contributed by atoms with Gasteiger partial charge in [0, 0.05) is 24.2 Å². The molecule has 2 amide bonds. The van der Waals surface area contributed by atoms with E-state index in [0.29, 0.717) is 25.1 Å². The van der Waals surface area contributed by atoms with Crippen LogP contribution in [0.15, 0.2) is 29.8 Å². The van der Waals surface area contributed by atoms with Crippen LogP contribution >= 0.6 is 0 Å². The van der Waals surface area contributed by atoms with Gasteiger partial charge in [-0.15, -0.1) is 0 Å². The Hall–Kier alpha value is -2.50. The van der Waals surface area contributed by atoms with Crippen LogP contribution in [0.5, 0.6) is 5.75 Å². The lowest BCUT2D eigenvalue weighted by Crippen LogP contribution is -2.40. The van der Waals surface area contributed by atoms with E-state index in [2.05, 4.69) is 5.32 Å². The van der Waals surface area contributed by atoms with Crippen molar-refractivity contribution in [2.24, 2.45) is 0 Å². The van der Waals surface area contributed by atoms with Crippen molar-refractivity contribution in [3.05, 3.63) is 35.4 Å². The van der Waals surface area contributed by atoms with Gasteiger partial charge in [0.1, 0.15) is 5.75 Å². The minimum absolute atomic E-state index is 0.213. The summed E-state index contributed by atoms with van der Waals surface area (Å²) in [5, 5.41) is 2.92. The third-order valence-electron chi connectivity index (χ3n) is 3.87. The molecule has 0 fully saturated rings. The predicted octanol–water partition coefficient (Wildman–Crippen LogP) is 1.96. The lowest BCUT2D eigenvalue weighted by molar-refractivity contribution is -0.136. The normalized spacial score (nSPS) is 16.4. The molecule has 0 spiro atoms. The summed E-state index contributed by atoms with van der Waals surface area (Å²) >= 11 is 0. The summed E-state index contributed by atoms with van der Waals surface area (Å²) in [5.41, 5.74) is 2.32. The number of benzene rings is 1. The zero-order valence-corrected chi connectivity index (χ0v) is 12.4. The van der Waals surface area contributed by atoms with Gasteiger partial charge in [-0.25, -0.2) is 9.59 Å². The monoisotopic (exact) mass is 302 g/mol. The number of amides is 2. The highest BCUT2D eigenvalue weighted by atomic mass is 16.5. The van der Waals surface area contributed by atoms with Gasteiger partial charge in [-0.1, -0.05) is 12.1 Å². The third-order valence-corrected chi connectivity index (χ3v) is 3.87. The first kappa shape index (κ1) is 14.4. The van der Waals surface area contributed by atoms with Crippen LogP contribution in [0.3, 0.4) is 0 Å². The fourth-order valence-corrected chi connectivity index (χ4v) is 2.73. The summed E-state index contributed by atoms with van der Waals surface area (Å²) in [6.07, 6.45) is 3.26. The minimum Gasteiger partial charge on any atom is -0.493 e. The van der Waals surface area contributed by atoms with Crippen molar-refractivity contribution in [1.82, 2.24) is 4.90 Å². The van der Waals surface area contributed by atoms with Crippen molar-refractivity contribution in [1.29, 1.82) is 0 Å². The van der Waals surface area contributed by atoms with Crippen LogP contribution in [-0.4, -0.2) is 43.7 Å². The highest BCUT2D eigenvalue weighted by Gasteiger charge is 2.24. The molecule has 0 aliphatic carbocycles. The van der Waals surface area contributed by atoms with E-state index in [0.717, 1.165) is 23.4 Å². The number of hydrogen-bond donors (Lipinski definition) is 1. The first-order chi connectivity index (χ1) is 10.7. The van der Waals surface area contributed by atoms with Crippen LogP contribution < -0.4 is 10.1 Å². The van der Waals surface area contributed by atoms with Crippen molar-refractivity contribution in [3.63, 3.8) is 0 Å². The van der Waals surface area contributed by atoms with E-state index < -0.39 is 0 Å². The predicted molar refractivity (Wildman–Crippen MR) is 80.9 cm³/mol. The number of carbonyl (C=O) groups excluding carboxylic acids is 2. The van der Waals surface area contributed by atoms with Gasteiger partial charge in [0.05, 0.1) is 25.8 Å². The van der Waals surface area contributed by atoms with E-state index in [1.165, 1.54) is 7.11 Å². The van der Waals surface area contributed by atoms with Crippen LogP contribution in [-0.2, 0) is 16.0 Å². The van der Waals surface area contributed by atoms with Crippen LogP contribution in [0.25, 0.3) is 0 Å². The Bertz CT molecular complexity index is 639. The summed E-state index contributed by atoms with van der Waals surface area (Å²) in [7, 11) is 1.34. The van der Waals surface area contributed by atoms with E-state index in [-0.39, 0.29) is 18.5 Å². The van der Waals surface area contributed by atoms with Gasteiger partial charge in [-0.2, -0.15) is 0 Å². The maximum Gasteiger partial charge on any atom is 0.335 e. The molecule has 116 valence electrons. The van der Waals surface area contributed by atoms with Gasteiger partial charge >= 0.3 is 12.0 Å². The summed E-state index contributed by atoms with van der Waals surface area (Å²) in [5.74, 6) is 0.443. The van der Waals surface area contributed by atoms with Gasteiger partial charge in [0.15, 0.2) is 0 Å². The number of ether oxygens (including phenoxy) is 2. The SMILES string of the molecule is COC(=O)C1=CCCN(C(=O)Nc2cccc3c2CCO3)C1. The number of nitrogens with zero attached hydrogens (tertiary/aromatic N) is 1. The van der Waals surface area contributed by atoms with E-state index in [1.807, 2.05) is 24.3 Å². The van der Waals surface area contributed by atoms with Crippen LogP contribution in [0, 0.1) is 0 Å². The number of nitrogens with one attached hydrogen (secondary N) is 1. The van der Waals surface area contributed by atoms with Gasteiger partial charge < -0.3 is 19.7 Å². The average Bonchev–Trinajstić information content (AvgIpc) is 3.04. The van der Waals surface area contributed by atoms with Crippen LogP contribution in [0.2, 0.25) is 0 Å². The van der Waals surface area contributed by atoms with E-state index >= 15 is 0 Å². The number of urea groups is 1. The molecule has 1 aromatic rings. The Labute approximate surface area is 128 Å². The molecule has 0 saturated carbocycles. The molecule has 0 bridgehead atoms. The molecule has 1 aromatic carbocycles. The number of fused-ring (bicyclic) bond motifs is 1. The second-order valence-corrected chi connectivity index (χ2v) is 5.24. The fourth-order valence-electron chi connectivity index (χ4n) is 2.73. The summed E-state index contributed by atoms with van der Waals surface area (Å²) in [6.45, 7) is 1.49. The summed E-state index contributed by atoms with van der Waals surface area (Å²) in [4.78, 5) is 25.6. The molecule has 0 unspecified atom stereocenters. The molecule has 2 aliphatic rings. The highest BCUT2D eigenvalue weighted by molar-refractivity contribution is 5.94. The second kappa shape index (κ2) is 6.09. The van der Waals surface area contributed by atoms with Crippen molar-refractivity contribution in [2.45, 2.75) is 12.8 Å². The lowest BCUT2D eigenvalue weighted by Gasteiger charge is -2.27. The van der Waals surface area contributed by atoms with Crippen LogP contribution in [0.1, 0.15) is 12.0 Å². The summed E-state index contributed by atoms with van der Waals surface area (Å²) in [6, 6.07) is 5.41. The van der Waals surface area contributed by atoms with Crippen molar-refractivity contribution in [3.8, 4) is 5.75 Å². The molecule has 6 heteroatoms. The van der Waals surface area contributed by atoms with E-state index in [9.17, 15) is 9.59 Å². The zero-order chi connectivity index (χ0) is 15.5. The maximum absolute atomic E-state index is 12.4. The highest BCUT2D eigenvalue weighted by Crippen LogP contribution is 2.31. The van der Waals surface area contributed by atoms with Crippen molar-refractivity contribution < 1.29 is 19.1 Å². The molecular weight excluding hydrogens is 284 g/mol. The summed E-state index contributed by atoms with van der Waals surface area (Å²) < 4.78 is 10.2. The van der Waals surface area contributed by atoms with E-state index in [4.69, 9.17) is 9.47 Å². The zero-order valence-electron chi connectivity index (χ0n) is 12.4. The second-order valence-electron chi connectivity index (χ2n) is 5.24. The first-order valence-corrected chi connectivity index (χ1v) is 7.27. The Kier molecular flexibility index (Phi) is 4.00. The molecule has 2 aliphatic heterocycles. The topological polar surface area (TPSA) is 67.9 Å². The van der Waals surface area contributed by atoms with Gasteiger partial charge in [-0.3, -0.25) is 0 Å². The molecule has 0 saturated heterocycles. The molecular formula is C16H18N2O4. The standard InChI is InChI=1S/C16H18N2O4/c1-21-15(19)11-4-3-8-18(10-11)16(20)17-13-5-2-6-14-12(13)7-9-22-14/h2,4-6H,3,7-10H2,1H3,(H,17,20). The maximum atomic E-state index is 12.4. The molecule has 0 radical (unpaired) electrons. The van der Waals surface area contributed by atoms with Gasteiger partial charge in [-0.05, 0) is 18.6 Å². The molecule has 1 N–H and O–H groups in total. The van der Waals surface area contributed by atoms with Crippen molar-refractivity contribution in [2.75, 3.05) is 32.1 Å². The number of carbonyl (C=O) groups is 2. The quantitative estimate of drug-likeness (QED) is 0.848. The fraction of sp³-hybridized carbons (Fsp3) is 0.375. The van der Waals surface area contributed by atoms with Gasteiger partial charge in [0.2, 0.25) is 0 Å². The van der Waals surface area contributed by atoms with E-state index in [1.54, 1.807) is 4.90 Å². The number of methoxy groups -OCH3 is 1.